The number of aromatic nitrogens is 2. The van der Waals surface area contributed by atoms with Crippen LogP contribution in [0.4, 0.5) is 10.8 Å². The van der Waals surface area contributed by atoms with Crippen LogP contribution in [0.25, 0.3) is 0 Å². The van der Waals surface area contributed by atoms with Crippen molar-refractivity contribution in [3.63, 3.8) is 0 Å². The number of nitrogens with one attached hydrogen (secondary N) is 2. The lowest BCUT2D eigenvalue weighted by molar-refractivity contribution is 0.102. The maximum Gasteiger partial charge on any atom is 0.271 e. The molecule has 0 fully saturated rings. The SMILES string of the molecule is CCC(CC)c1nnc(NC(=O)c2cccc(NS(=O)(=O)c3cccs3)c2)s1. The van der Waals surface area contributed by atoms with Crippen LogP contribution in [-0.4, -0.2) is 24.5 Å². The number of amides is 1. The molecule has 0 bridgehead atoms. The number of carbonyl (C=O) groups excluding carboxylic acids is 1. The summed E-state index contributed by atoms with van der Waals surface area (Å²) in [4.78, 5) is 12.5. The number of rotatable bonds is 8. The van der Waals surface area contributed by atoms with Gasteiger partial charge in [0.15, 0.2) is 0 Å². The molecule has 28 heavy (non-hydrogen) atoms. The summed E-state index contributed by atoms with van der Waals surface area (Å²) >= 11 is 2.49. The molecule has 2 aromatic heterocycles. The van der Waals surface area contributed by atoms with Crippen molar-refractivity contribution in [3.8, 4) is 0 Å². The molecule has 0 spiro atoms. The number of carbonyl (C=O) groups is 1. The number of sulfonamides is 1. The standard InChI is InChI=1S/C18H20N4O3S3/c1-3-12(4-2)17-20-21-18(27-17)19-16(23)13-7-5-8-14(11-13)22-28(24,25)15-9-6-10-26-15/h5-12,22H,3-4H2,1-2H3,(H,19,21,23). The molecule has 0 aliphatic heterocycles. The van der Waals surface area contributed by atoms with Crippen molar-refractivity contribution in [2.75, 3.05) is 10.0 Å². The van der Waals surface area contributed by atoms with E-state index in [1.165, 1.54) is 23.5 Å². The minimum absolute atomic E-state index is 0.213. The number of thiophene rings is 1. The van der Waals surface area contributed by atoms with E-state index in [2.05, 4.69) is 34.1 Å². The van der Waals surface area contributed by atoms with Crippen LogP contribution in [0.15, 0.2) is 46.0 Å². The van der Waals surface area contributed by atoms with Gasteiger partial charge in [-0.2, -0.15) is 0 Å². The van der Waals surface area contributed by atoms with E-state index >= 15 is 0 Å². The molecule has 1 amide bonds. The zero-order chi connectivity index (χ0) is 20.1. The molecular weight excluding hydrogens is 416 g/mol. The molecule has 2 heterocycles. The van der Waals surface area contributed by atoms with Crippen LogP contribution in [0, 0.1) is 0 Å². The van der Waals surface area contributed by atoms with E-state index in [-0.39, 0.29) is 10.1 Å². The third-order valence-electron chi connectivity index (χ3n) is 4.13. The van der Waals surface area contributed by atoms with Gasteiger partial charge < -0.3 is 0 Å². The fraction of sp³-hybridized carbons (Fsp3) is 0.278. The van der Waals surface area contributed by atoms with Gasteiger partial charge >= 0.3 is 0 Å². The molecule has 7 nitrogen and oxygen atoms in total. The summed E-state index contributed by atoms with van der Waals surface area (Å²) in [5, 5.41) is 14.0. The normalized spacial score (nSPS) is 11.5. The maximum absolute atomic E-state index is 12.5. The Morgan fingerprint density at radius 2 is 1.93 bits per heavy atom. The summed E-state index contributed by atoms with van der Waals surface area (Å²) in [6.07, 6.45) is 1.93. The molecule has 0 saturated heterocycles. The van der Waals surface area contributed by atoms with E-state index in [4.69, 9.17) is 0 Å². The zero-order valence-electron chi connectivity index (χ0n) is 15.4. The summed E-state index contributed by atoms with van der Waals surface area (Å²) in [6.45, 7) is 4.19. The fourth-order valence-electron chi connectivity index (χ4n) is 2.60. The molecule has 1 aromatic carbocycles. The largest absolute Gasteiger partial charge is 0.296 e. The van der Waals surface area contributed by atoms with Gasteiger partial charge in [-0.15, -0.1) is 21.5 Å². The summed E-state index contributed by atoms with van der Waals surface area (Å²) in [7, 11) is -3.67. The molecule has 10 heteroatoms. The Morgan fingerprint density at radius 1 is 1.14 bits per heavy atom. The second kappa shape index (κ2) is 8.80. The van der Waals surface area contributed by atoms with E-state index < -0.39 is 10.0 Å². The highest BCUT2D eigenvalue weighted by Gasteiger charge is 2.17. The number of hydrogen-bond acceptors (Lipinski definition) is 7. The lowest BCUT2D eigenvalue weighted by Gasteiger charge is -2.08. The molecular formula is C18H20N4O3S3. The van der Waals surface area contributed by atoms with Crippen molar-refractivity contribution in [2.45, 2.75) is 36.8 Å². The molecule has 3 rings (SSSR count). The van der Waals surface area contributed by atoms with Gasteiger partial charge in [-0.25, -0.2) is 8.42 Å². The Hall–Kier alpha value is -2.30. The predicted molar refractivity (Wildman–Crippen MR) is 113 cm³/mol. The highest BCUT2D eigenvalue weighted by atomic mass is 32.2. The average Bonchev–Trinajstić information content (AvgIpc) is 3.35. The van der Waals surface area contributed by atoms with Crippen molar-refractivity contribution in [1.82, 2.24) is 10.2 Å². The van der Waals surface area contributed by atoms with Gasteiger partial charge in [-0.1, -0.05) is 37.3 Å². The first-order valence-electron chi connectivity index (χ1n) is 8.74. The molecule has 148 valence electrons. The van der Waals surface area contributed by atoms with Crippen LogP contribution in [0.1, 0.15) is 48.0 Å². The van der Waals surface area contributed by atoms with E-state index in [1.54, 1.807) is 29.6 Å². The van der Waals surface area contributed by atoms with E-state index in [0.717, 1.165) is 29.2 Å². The van der Waals surface area contributed by atoms with Gasteiger partial charge in [-0.3, -0.25) is 14.8 Å². The Balaban J connectivity index is 1.72. The van der Waals surface area contributed by atoms with Crippen molar-refractivity contribution in [3.05, 3.63) is 52.3 Å². The quantitative estimate of drug-likeness (QED) is 0.539. The Bertz CT molecular complexity index is 1040. The molecule has 2 N–H and O–H groups in total. The average molecular weight is 437 g/mol. The number of anilines is 2. The van der Waals surface area contributed by atoms with Gasteiger partial charge in [0.25, 0.3) is 15.9 Å². The number of nitrogens with zero attached hydrogens (tertiary/aromatic N) is 2. The first kappa shape index (κ1) is 20.4. The van der Waals surface area contributed by atoms with Crippen LogP contribution >= 0.6 is 22.7 Å². The third kappa shape index (κ3) is 4.75. The summed E-state index contributed by atoms with van der Waals surface area (Å²) in [6, 6.07) is 9.51. The molecule has 0 saturated carbocycles. The lowest BCUT2D eigenvalue weighted by Crippen LogP contribution is -2.14. The van der Waals surface area contributed by atoms with Crippen molar-refractivity contribution < 1.29 is 13.2 Å². The summed E-state index contributed by atoms with van der Waals surface area (Å²) in [5.74, 6) is -0.0393. The summed E-state index contributed by atoms with van der Waals surface area (Å²) < 4.78 is 27.4. The van der Waals surface area contributed by atoms with E-state index in [0.29, 0.717) is 22.3 Å². The molecule has 0 atom stereocenters. The second-order valence-electron chi connectivity index (χ2n) is 6.03. The Morgan fingerprint density at radius 3 is 2.61 bits per heavy atom. The smallest absolute Gasteiger partial charge is 0.271 e. The van der Waals surface area contributed by atoms with Gasteiger partial charge in [0.05, 0.1) is 0 Å². The monoisotopic (exact) mass is 436 g/mol. The first-order chi connectivity index (χ1) is 13.4. The number of hydrogen-bond donors (Lipinski definition) is 2. The first-order valence-corrected chi connectivity index (χ1v) is 11.9. The maximum atomic E-state index is 12.5. The van der Waals surface area contributed by atoms with Crippen LogP contribution < -0.4 is 10.0 Å². The highest BCUT2D eigenvalue weighted by molar-refractivity contribution is 7.94. The van der Waals surface area contributed by atoms with E-state index in [9.17, 15) is 13.2 Å². The number of benzene rings is 1. The van der Waals surface area contributed by atoms with Crippen LogP contribution in [-0.2, 0) is 10.0 Å². The van der Waals surface area contributed by atoms with Gasteiger partial charge in [0.1, 0.15) is 9.22 Å². The second-order valence-corrected chi connectivity index (χ2v) is 9.90. The van der Waals surface area contributed by atoms with Crippen molar-refractivity contribution in [2.24, 2.45) is 0 Å². The fourth-order valence-corrected chi connectivity index (χ4v) is 5.65. The van der Waals surface area contributed by atoms with Crippen molar-refractivity contribution in [1.29, 1.82) is 0 Å². The molecule has 0 aliphatic rings. The van der Waals surface area contributed by atoms with Crippen LogP contribution in [0.3, 0.4) is 0 Å². The molecule has 0 radical (unpaired) electrons. The van der Waals surface area contributed by atoms with Gasteiger partial charge in [-0.05, 0) is 42.5 Å². The molecule has 3 aromatic rings. The topological polar surface area (TPSA) is 101 Å². The molecule has 0 aliphatic carbocycles. The van der Waals surface area contributed by atoms with Gasteiger partial charge in [0, 0.05) is 17.2 Å². The third-order valence-corrected chi connectivity index (χ3v) is 7.91. The summed E-state index contributed by atoms with van der Waals surface area (Å²) in [5.41, 5.74) is 0.640. The lowest BCUT2D eigenvalue weighted by atomic mass is 10.1. The van der Waals surface area contributed by atoms with E-state index in [1.807, 2.05) is 0 Å². The van der Waals surface area contributed by atoms with Crippen molar-refractivity contribution >= 4 is 49.4 Å². The van der Waals surface area contributed by atoms with Crippen LogP contribution in [0.2, 0.25) is 0 Å². The van der Waals surface area contributed by atoms with Crippen LogP contribution in [0.5, 0.6) is 0 Å². The Kier molecular flexibility index (Phi) is 6.42. The molecule has 0 unspecified atom stereocenters. The minimum atomic E-state index is -3.67. The predicted octanol–water partition coefficient (Wildman–Crippen LogP) is 4.56. The zero-order valence-corrected chi connectivity index (χ0v) is 17.8. The highest BCUT2D eigenvalue weighted by Crippen LogP contribution is 2.28. The minimum Gasteiger partial charge on any atom is -0.296 e. The van der Waals surface area contributed by atoms with Gasteiger partial charge in [0.2, 0.25) is 5.13 Å². The Labute approximate surface area is 171 Å².